The van der Waals surface area contributed by atoms with E-state index in [1.54, 1.807) is 10.7 Å². The van der Waals surface area contributed by atoms with Crippen molar-refractivity contribution < 1.29 is 4.79 Å². The molecule has 8 heteroatoms. The highest BCUT2D eigenvalue weighted by atomic mass is 32.1. The lowest BCUT2D eigenvalue weighted by Crippen LogP contribution is -2.12. The molecule has 0 radical (unpaired) electrons. The molecule has 4 rings (SSSR count). The summed E-state index contributed by atoms with van der Waals surface area (Å²) in [5, 5.41) is 11.8. The first kappa shape index (κ1) is 19.9. The zero-order valence-corrected chi connectivity index (χ0v) is 18.3. The maximum absolute atomic E-state index is 12.5. The van der Waals surface area contributed by atoms with Gasteiger partial charge in [-0.15, -0.1) is 5.10 Å². The topological polar surface area (TPSA) is 85.6 Å². The highest BCUT2D eigenvalue weighted by Gasteiger charge is 2.18. The van der Waals surface area contributed by atoms with Gasteiger partial charge in [0.2, 0.25) is 5.13 Å². The molecular formula is C22H22N6OS. The fourth-order valence-corrected chi connectivity index (χ4v) is 3.84. The number of hydrogen-bond donors (Lipinski definition) is 1. The van der Waals surface area contributed by atoms with Crippen LogP contribution in [0.5, 0.6) is 0 Å². The van der Waals surface area contributed by atoms with Crippen LogP contribution >= 0.6 is 11.5 Å². The van der Waals surface area contributed by atoms with E-state index in [4.69, 9.17) is 0 Å². The van der Waals surface area contributed by atoms with Crippen LogP contribution in [0.15, 0.2) is 36.4 Å². The predicted octanol–water partition coefficient (Wildman–Crippen LogP) is 4.58. The van der Waals surface area contributed by atoms with Gasteiger partial charge in [0.05, 0.1) is 11.4 Å². The first-order valence-corrected chi connectivity index (χ1v) is 10.3. The van der Waals surface area contributed by atoms with Crippen LogP contribution in [0, 0.1) is 34.6 Å². The Morgan fingerprint density at radius 2 is 1.70 bits per heavy atom. The largest absolute Gasteiger partial charge is 0.297 e. The molecular weight excluding hydrogens is 396 g/mol. The standard InChI is InChI=1S/C22H22N6OS/c1-12-8-13(2)10-18(9-12)28-16(5)19(25-27-28)20-23-22(30-26-20)24-21(29)17-7-6-14(3)15(4)11-17/h6-11H,1-5H3,(H,23,24,26,29). The Kier molecular flexibility index (Phi) is 5.17. The third-order valence-corrected chi connectivity index (χ3v) is 5.60. The van der Waals surface area contributed by atoms with Crippen molar-refractivity contribution >= 4 is 22.6 Å². The van der Waals surface area contributed by atoms with Crippen LogP contribution in [-0.2, 0) is 0 Å². The molecule has 0 saturated heterocycles. The molecule has 0 atom stereocenters. The maximum Gasteiger partial charge on any atom is 0.257 e. The molecule has 1 amide bonds. The van der Waals surface area contributed by atoms with Crippen LogP contribution in [0.1, 0.15) is 38.3 Å². The first-order valence-electron chi connectivity index (χ1n) is 9.55. The summed E-state index contributed by atoms with van der Waals surface area (Å²) in [5.41, 5.74) is 7.50. The lowest BCUT2D eigenvalue weighted by Gasteiger charge is -2.06. The van der Waals surface area contributed by atoms with Gasteiger partial charge in [-0.05, 0) is 81.1 Å². The van der Waals surface area contributed by atoms with Gasteiger partial charge in [0.25, 0.3) is 5.91 Å². The van der Waals surface area contributed by atoms with Gasteiger partial charge in [-0.3, -0.25) is 10.1 Å². The fraction of sp³-hybridized carbons (Fsp3) is 0.227. The molecule has 2 heterocycles. The number of aryl methyl sites for hydroxylation is 4. The molecule has 0 spiro atoms. The van der Waals surface area contributed by atoms with Gasteiger partial charge in [-0.25, -0.2) is 4.68 Å². The number of anilines is 1. The molecule has 0 fully saturated rings. The number of carbonyl (C=O) groups is 1. The quantitative estimate of drug-likeness (QED) is 0.524. The number of benzene rings is 2. The number of amides is 1. The molecule has 7 nitrogen and oxygen atoms in total. The van der Waals surface area contributed by atoms with Crippen molar-refractivity contribution in [2.24, 2.45) is 0 Å². The summed E-state index contributed by atoms with van der Waals surface area (Å²) >= 11 is 1.12. The lowest BCUT2D eigenvalue weighted by atomic mass is 10.1. The molecule has 0 aliphatic heterocycles. The number of hydrogen-bond acceptors (Lipinski definition) is 6. The van der Waals surface area contributed by atoms with Gasteiger partial charge in [0.15, 0.2) is 11.5 Å². The molecule has 30 heavy (non-hydrogen) atoms. The van der Waals surface area contributed by atoms with E-state index in [9.17, 15) is 4.79 Å². The van der Waals surface area contributed by atoms with Crippen molar-refractivity contribution in [3.05, 3.63) is 69.9 Å². The molecule has 4 aromatic rings. The predicted molar refractivity (Wildman–Crippen MR) is 118 cm³/mol. The van der Waals surface area contributed by atoms with E-state index < -0.39 is 0 Å². The molecule has 0 saturated carbocycles. The van der Waals surface area contributed by atoms with Crippen molar-refractivity contribution in [2.45, 2.75) is 34.6 Å². The first-order chi connectivity index (χ1) is 14.3. The van der Waals surface area contributed by atoms with Crippen LogP contribution in [0.3, 0.4) is 0 Å². The molecule has 0 aliphatic carbocycles. The van der Waals surface area contributed by atoms with Crippen LogP contribution in [-0.4, -0.2) is 30.3 Å². The normalized spacial score (nSPS) is 11.0. The van der Waals surface area contributed by atoms with Crippen molar-refractivity contribution in [1.82, 2.24) is 24.4 Å². The van der Waals surface area contributed by atoms with Crippen molar-refractivity contribution in [1.29, 1.82) is 0 Å². The molecule has 0 bridgehead atoms. The van der Waals surface area contributed by atoms with E-state index in [1.807, 2.05) is 32.9 Å². The van der Waals surface area contributed by atoms with Gasteiger partial charge >= 0.3 is 0 Å². The Labute approximate surface area is 179 Å². The van der Waals surface area contributed by atoms with Crippen LogP contribution in [0.4, 0.5) is 5.13 Å². The molecule has 2 aromatic carbocycles. The summed E-state index contributed by atoms with van der Waals surface area (Å²) < 4.78 is 6.15. The summed E-state index contributed by atoms with van der Waals surface area (Å²) in [6, 6.07) is 11.8. The number of rotatable bonds is 4. The van der Waals surface area contributed by atoms with Crippen molar-refractivity contribution in [2.75, 3.05) is 5.32 Å². The summed E-state index contributed by atoms with van der Waals surface area (Å²) in [5.74, 6) is 0.236. The van der Waals surface area contributed by atoms with Gasteiger partial charge in [0, 0.05) is 17.1 Å². The summed E-state index contributed by atoms with van der Waals surface area (Å²) in [4.78, 5) is 17.0. The Morgan fingerprint density at radius 3 is 2.40 bits per heavy atom. The van der Waals surface area contributed by atoms with E-state index in [-0.39, 0.29) is 5.91 Å². The average Bonchev–Trinajstić information content (AvgIpc) is 3.29. The Bertz CT molecular complexity index is 1240. The lowest BCUT2D eigenvalue weighted by molar-refractivity contribution is 0.102. The van der Waals surface area contributed by atoms with Gasteiger partial charge < -0.3 is 0 Å². The second kappa shape index (κ2) is 7.79. The third-order valence-electron chi connectivity index (χ3n) is 4.97. The number of aromatic nitrogens is 5. The summed E-state index contributed by atoms with van der Waals surface area (Å²) in [6.45, 7) is 10.0. The van der Waals surface area contributed by atoms with Crippen LogP contribution < -0.4 is 5.32 Å². The van der Waals surface area contributed by atoms with E-state index in [0.717, 1.165) is 45.2 Å². The highest BCUT2D eigenvalue weighted by Crippen LogP contribution is 2.25. The van der Waals surface area contributed by atoms with E-state index >= 15 is 0 Å². The van der Waals surface area contributed by atoms with Gasteiger partial charge in [-0.1, -0.05) is 17.3 Å². The maximum atomic E-state index is 12.5. The van der Waals surface area contributed by atoms with Crippen LogP contribution in [0.2, 0.25) is 0 Å². The molecule has 1 N–H and O–H groups in total. The minimum atomic E-state index is -0.212. The smallest absolute Gasteiger partial charge is 0.257 e. The Hall–Kier alpha value is -3.39. The molecule has 2 aromatic heterocycles. The number of nitrogens with one attached hydrogen (secondary N) is 1. The fourth-order valence-electron chi connectivity index (χ4n) is 3.28. The minimum absolute atomic E-state index is 0.212. The summed E-state index contributed by atoms with van der Waals surface area (Å²) in [7, 11) is 0. The third kappa shape index (κ3) is 3.86. The van der Waals surface area contributed by atoms with Crippen LogP contribution in [0.25, 0.3) is 17.2 Å². The Morgan fingerprint density at radius 1 is 0.967 bits per heavy atom. The average molecular weight is 419 g/mol. The van der Waals surface area contributed by atoms with E-state index in [0.29, 0.717) is 22.2 Å². The molecule has 0 unspecified atom stereocenters. The Balaban J connectivity index is 1.58. The SMILES string of the molecule is Cc1cc(C)cc(-n2nnc(-c3nsc(NC(=O)c4ccc(C)c(C)c4)n3)c2C)c1. The molecule has 152 valence electrons. The monoisotopic (exact) mass is 418 g/mol. The zero-order chi connectivity index (χ0) is 21.4. The second-order valence-corrected chi connectivity index (χ2v) is 8.21. The van der Waals surface area contributed by atoms with E-state index in [1.165, 1.54) is 0 Å². The van der Waals surface area contributed by atoms with E-state index in [2.05, 4.69) is 57.0 Å². The zero-order valence-electron chi connectivity index (χ0n) is 17.5. The minimum Gasteiger partial charge on any atom is -0.297 e. The number of carbonyl (C=O) groups excluding carboxylic acids is 1. The van der Waals surface area contributed by atoms with Gasteiger partial charge in [-0.2, -0.15) is 9.36 Å². The number of nitrogens with zero attached hydrogens (tertiary/aromatic N) is 5. The van der Waals surface area contributed by atoms with Gasteiger partial charge in [0.1, 0.15) is 0 Å². The second-order valence-electron chi connectivity index (χ2n) is 7.46. The molecule has 0 aliphatic rings. The highest BCUT2D eigenvalue weighted by molar-refractivity contribution is 7.10. The summed E-state index contributed by atoms with van der Waals surface area (Å²) in [6.07, 6.45) is 0. The van der Waals surface area contributed by atoms with Crippen molar-refractivity contribution in [3.8, 4) is 17.2 Å². The van der Waals surface area contributed by atoms with Crippen molar-refractivity contribution in [3.63, 3.8) is 0 Å².